The van der Waals surface area contributed by atoms with E-state index in [1.165, 1.54) is 0 Å². The van der Waals surface area contributed by atoms with Crippen LogP contribution in [0.2, 0.25) is 0 Å². The molecule has 0 unspecified atom stereocenters. The highest BCUT2D eigenvalue weighted by atomic mass is 16.5. The van der Waals surface area contributed by atoms with Crippen LogP contribution in [0.4, 0.5) is 0 Å². The maximum Gasteiger partial charge on any atom is 0.261 e. The fraction of sp³-hybridized carbons (Fsp3) is 0.350. The molecule has 6 nitrogen and oxygen atoms in total. The predicted octanol–water partition coefficient (Wildman–Crippen LogP) is 3.06. The first-order valence-corrected chi connectivity index (χ1v) is 8.52. The number of ether oxygens (including phenoxy) is 4. The molecular weight excluding hydrogens is 334 g/mol. The Hall–Kier alpha value is -2.89. The third-order valence-corrected chi connectivity index (χ3v) is 3.71. The van der Waals surface area contributed by atoms with Crippen molar-refractivity contribution in [1.82, 2.24) is 5.32 Å². The molecular formula is C20H25NO5. The number of hydrogen-bond donors (Lipinski definition) is 1. The van der Waals surface area contributed by atoms with E-state index in [1.54, 1.807) is 32.4 Å². The zero-order chi connectivity index (χ0) is 18.8. The van der Waals surface area contributed by atoms with Crippen LogP contribution in [0.25, 0.3) is 0 Å². The number of benzene rings is 2. The molecule has 0 heterocycles. The van der Waals surface area contributed by atoms with Gasteiger partial charge in [0.15, 0.2) is 17.6 Å². The maximum atomic E-state index is 12.3. The van der Waals surface area contributed by atoms with Gasteiger partial charge >= 0.3 is 0 Å². The Morgan fingerprint density at radius 2 is 1.73 bits per heavy atom. The van der Waals surface area contributed by atoms with Gasteiger partial charge in [0.2, 0.25) is 0 Å². The molecule has 2 aromatic rings. The summed E-state index contributed by atoms with van der Waals surface area (Å²) in [6.07, 6.45) is -0.0520. The second-order valence-electron chi connectivity index (χ2n) is 5.48. The summed E-state index contributed by atoms with van der Waals surface area (Å²) in [4.78, 5) is 12.3. The van der Waals surface area contributed by atoms with E-state index in [0.717, 1.165) is 5.75 Å². The van der Waals surface area contributed by atoms with Gasteiger partial charge in [0.1, 0.15) is 18.1 Å². The summed E-state index contributed by atoms with van der Waals surface area (Å²) in [6, 6.07) is 14.6. The maximum absolute atomic E-state index is 12.3. The van der Waals surface area contributed by atoms with Crippen LogP contribution >= 0.6 is 0 Å². The average molecular weight is 359 g/mol. The minimum absolute atomic E-state index is 0.187. The summed E-state index contributed by atoms with van der Waals surface area (Å²) in [5.74, 6) is 2.37. The zero-order valence-electron chi connectivity index (χ0n) is 15.4. The van der Waals surface area contributed by atoms with E-state index in [1.807, 2.05) is 37.3 Å². The predicted molar refractivity (Wildman–Crippen MR) is 99.2 cm³/mol. The Morgan fingerprint density at radius 1 is 1.00 bits per heavy atom. The molecule has 0 saturated heterocycles. The largest absolute Gasteiger partial charge is 0.497 e. The lowest BCUT2D eigenvalue weighted by Crippen LogP contribution is -2.39. The van der Waals surface area contributed by atoms with E-state index in [9.17, 15) is 4.79 Å². The molecule has 0 spiro atoms. The molecule has 0 fully saturated rings. The summed E-state index contributed by atoms with van der Waals surface area (Å²) in [7, 11) is 3.17. The summed E-state index contributed by atoms with van der Waals surface area (Å²) in [6.45, 7) is 2.62. The van der Waals surface area contributed by atoms with Gasteiger partial charge in [-0.3, -0.25) is 4.79 Å². The molecule has 140 valence electrons. The molecule has 2 aromatic carbocycles. The second kappa shape index (κ2) is 10.2. The molecule has 0 aliphatic carbocycles. The highest BCUT2D eigenvalue weighted by Gasteiger charge is 2.19. The van der Waals surface area contributed by atoms with Crippen molar-refractivity contribution in [3.8, 4) is 23.0 Å². The van der Waals surface area contributed by atoms with Gasteiger partial charge in [-0.15, -0.1) is 0 Å². The molecule has 0 aliphatic rings. The van der Waals surface area contributed by atoms with Crippen LogP contribution in [0.15, 0.2) is 48.5 Å². The minimum atomic E-state index is -0.594. The van der Waals surface area contributed by atoms with Gasteiger partial charge < -0.3 is 24.3 Å². The molecule has 1 amide bonds. The van der Waals surface area contributed by atoms with Crippen molar-refractivity contribution in [2.24, 2.45) is 0 Å². The van der Waals surface area contributed by atoms with Crippen LogP contribution < -0.4 is 24.3 Å². The van der Waals surface area contributed by atoms with E-state index < -0.39 is 6.10 Å². The van der Waals surface area contributed by atoms with Crippen LogP contribution in [-0.2, 0) is 4.79 Å². The number of carbonyl (C=O) groups is 1. The van der Waals surface area contributed by atoms with Crippen LogP contribution in [-0.4, -0.2) is 39.4 Å². The van der Waals surface area contributed by atoms with Gasteiger partial charge in [0.05, 0.1) is 20.8 Å². The van der Waals surface area contributed by atoms with Crippen molar-refractivity contribution < 1.29 is 23.7 Å². The fourth-order valence-corrected chi connectivity index (χ4v) is 2.34. The number of carbonyl (C=O) groups excluding carboxylic acids is 1. The van der Waals surface area contributed by atoms with Gasteiger partial charge in [-0.1, -0.05) is 25.1 Å². The summed E-state index contributed by atoms with van der Waals surface area (Å²) >= 11 is 0. The summed E-state index contributed by atoms with van der Waals surface area (Å²) < 4.78 is 21.8. The zero-order valence-corrected chi connectivity index (χ0v) is 15.4. The Labute approximate surface area is 154 Å². The molecule has 0 aromatic heterocycles. The Morgan fingerprint density at radius 3 is 2.42 bits per heavy atom. The standard InChI is InChI=1S/C20H25NO5/c1-4-17(26-19-11-6-5-10-18(19)24-3)20(22)21-12-13-25-16-9-7-8-15(14-16)23-2/h5-11,14,17H,4,12-13H2,1-3H3,(H,21,22)/t17-/m1/s1. The number of nitrogens with one attached hydrogen (secondary N) is 1. The first-order chi connectivity index (χ1) is 12.7. The number of hydrogen-bond acceptors (Lipinski definition) is 5. The fourth-order valence-electron chi connectivity index (χ4n) is 2.34. The van der Waals surface area contributed by atoms with Gasteiger partial charge in [0.25, 0.3) is 5.91 Å². The molecule has 26 heavy (non-hydrogen) atoms. The normalized spacial score (nSPS) is 11.3. The van der Waals surface area contributed by atoms with Crippen LogP contribution in [0.5, 0.6) is 23.0 Å². The smallest absolute Gasteiger partial charge is 0.261 e. The quantitative estimate of drug-likeness (QED) is 0.661. The van der Waals surface area contributed by atoms with Crippen molar-refractivity contribution >= 4 is 5.91 Å². The molecule has 1 atom stereocenters. The number of amides is 1. The summed E-state index contributed by atoms with van der Waals surface area (Å²) in [5, 5.41) is 2.83. The number of para-hydroxylation sites is 2. The van der Waals surface area contributed by atoms with E-state index in [0.29, 0.717) is 36.8 Å². The van der Waals surface area contributed by atoms with E-state index in [4.69, 9.17) is 18.9 Å². The van der Waals surface area contributed by atoms with Crippen molar-refractivity contribution in [2.45, 2.75) is 19.4 Å². The third-order valence-electron chi connectivity index (χ3n) is 3.71. The van der Waals surface area contributed by atoms with Crippen LogP contribution in [0.1, 0.15) is 13.3 Å². The molecule has 1 N–H and O–H groups in total. The monoisotopic (exact) mass is 359 g/mol. The van der Waals surface area contributed by atoms with Gasteiger partial charge in [-0.2, -0.15) is 0 Å². The average Bonchev–Trinajstić information content (AvgIpc) is 2.69. The molecule has 0 radical (unpaired) electrons. The molecule has 0 aliphatic heterocycles. The minimum Gasteiger partial charge on any atom is -0.497 e. The van der Waals surface area contributed by atoms with Crippen molar-refractivity contribution in [1.29, 1.82) is 0 Å². The highest BCUT2D eigenvalue weighted by Crippen LogP contribution is 2.27. The lowest BCUT2D eigenvalue weighted by molar-refractivity contribution is -0.128. The van der Waals surface area contributed by atoms with Gasteiger partial charge in [0, 0.05) is 6.07 Å². The number of rotatable bonds is 10. The first-order valence-electron chi connectivity index (χ1n) is 8.52. The van der Waals surface area contributed by atoms with Gasteiger partial charge in [-0.05, 0) is 30.7 Å². The topological polar surface area (TPSA) is 66.0 Å². The van der Waals surface area contributed by atoms with E-state index in [-0.39, 0.29) is 5.91 Å². The lowest BCUT2D eigenvalue weighted by Gasteiger charge is -2.19. The lowest BCUT2D eigenvalue weighted by atomic mass is 10.2. The SMILES string of the molecule is CC[C@@H](Oc1ccccc1OC)C(=O)NCCOc1cccc(OC)c1. The van der Waals surface area contributed by atoms with Gasteiger partial charge in [-0.25, -0.2) is 0 Å². The Bertz CT molecular complexity index is 704. The molecule has 0 bridgehead atoms. The molecule has 6 heteroatoms. The van der Waals surface area contributed by atoms with Crippen LogP contribution in [0.3, 0.4) is 0 Å². The van der Waals surface area contributed by atoms with E-state index in [2.05, 4.69) is 5.32 Å². The Balaban J connectivity index is 1.81. The molecule has 2 rings (SSSR count). The van der Waals surface area contributed by atoms with Crippen molar-refractivity contribution in [2.75, 3.05) is 27.4 Å². The van der Waals surface area contributed by atoms with E-state index >= 15 is 0 Å². The van der Waals surface area contributed by atoms with Crippen molar-refractivity contribution in [3.05, 3.63) is 48.5 Å². The first kappa shape index (κ1) is 19.4. The van der Waals surface area contributed by atoms with Crippen molar-refractivity contribution in [3.63, 3.8) is 0 Å². The second-order valence-corrected chi connectivity index (χ2v) is 5.48. The Kier molecular flexibility index (Phi) is 7.61. The highest BCUT2D eigenvalue weighted by molar-refractivity contribution is 5.81. The molecule has 0 saturated carbocycles. The number of methoxy groups -OCH3 is 2. The summed E-state index contributed by atoms with van der Waals surface area (Å²) in [5.41, 5.74) is 0. The third kappa shape index (κ3) is 5.58. The van der Waals surface area contributed by atoms with Crippen LogP contribution in [0, 0.1) is 0 Å².